The maximum Gasteiger partial charge on any atom is 0.261 e. The lowest BCUT2D eigenvalue weighted by atomic mass is 9.77. The predicted molar refractivity (Wildman–Crippen MR) is 118 cm³/mol. The number of nitrogen functional groups attached to an aromatic ring is 1. The van der Waals surface area contributed by atoms with E-state index < -0.39 is 11.2 Å². The Bertz CT molecular complexity index is 1330. The number of aromatic nitrogens is 6. The first kappa shape index (κ1) is 20.8. The number of allylic oxidation sites excluding steroid dienone is 1. The molecule has 0 aliphatic heterocycles. The molecule has 1 unspecified atom stereocenters. The Morgan fingerprint density at radius 1 is 1.27 bits per heavy atom. The van der Waals surface area contributed by atoms with Gasteiger partial charge in [-0.1, -0.05) is 17.8 Å². The van der Waals surface area contributed by atoms with Gasteiger partial charge in [0.2, 0.25) is 0 Å². The zero-order chi connectivity index (χ0) is 23.2. The zero-order valence-electron chi connectivity index (χ0n) is 17.9. The summed E-state index contributed by atoms with van der Waals surface area (Å²) >= 11 is 0. The molecule has 0 aromatic carbocycles. The second-order valence-corrected chi connectivity index (χ2v) is 8.42. The van der Waals surface area contributed by atoms with Crippen LogP contribution >= 0.6 is 0 Å². The van der Waals surface area contributed by atoms with Gasteiger partial charge >= 0.3 is 0 Å². The lowest BCUT2D eigenvalue weighted by Crippen LogP contribution is -2.28. The highest BCUT2D eigenvalue weighted by molar-refractivity contribution is 5.60. The fourth-order valence-corrected chi connectivity index (χ4v) is 3.97. The van der Waals surface area contributed by atoms with Crippen LogP contribution in [-0.4, -0.2) is 35.0 Å². The van der Waals surface area contributed by atoms with Crippen molar-refractivity contribution in [1.29, 1.82) is 0 Å². The highest BCUT2D eigenvalue weighted by Crippen LogP contribution is 2.50. The molecule has 10 heteroatoms. The molecule has 1 fully saturated rings. The second-order valence-electron chi connectivity index (χ2n) is 8.42. The molecule has 1 saturated carbocycles. The Kier molecular flexibility index (Phi) is 4.92. The smallest absolute Gasteiger partial charge is 0.261 e. The van der Waals surface area contributed by atoms with Crippen molar-refractivity contribution in [3.63, 3.8) is 0 Å². The molecule has 0 spiro atoms. The van der Waals surface area contributed by atoms with Crippen LogP contribution in [0.3, 0.4) is 0 Å². The largest absolute Gasteiger partial charge is 0.511 e. The Labute approximate surface area is 188 Å². The first-order valence-electron chi connectivity index (χ1n) is 10.5. The van der Waals surface area contributed by atoms with Gasteiger partial charge in [0.15, 0.2) is 17.5 Å². The topological polar surface area (TPSA) is 129 Å². The van der Waals surface area contributed by atoms with Crippen molar-refractivity contribution in [3.8, 4) is 22.7 Å². The summed E-state index contributed by atoms with van der Waals surface area (Å²) in [5.74, 6) is 0.551. The van der Waals surface area contributed by atoms with Crippen LogP contribution in [0.25, 0.3) is 22.7 Å². The molecular formula is C23H22FN7O2. The van der Waals surface area contributed by atoms with Gasteiger partial charge in [-0.3, -0.25) is 9.67 Å². The normalized spacial score (nSPS) is 15.3. The van der Waals surface area contributed by atoms with E-state index in [4.69, 9.17) is 10.3 Å². The molecule has 33 heavy (non-hydrogen) atoms. The minimum absolute atomic E-state index is 0.00520. The minimum Gasteiger partial charge on any atom is -0.511 e. The van der Waals surface area contributed by atoms with E-state index in [9.17, 15) is 9.50 Å². The van der Waals surface area contributed by atoms with Gasteiger partial charge in [-0.25, -0.2) is 9.37 Å². The first-order chi connectivity index (χ1) is 15.8. The number of rotatable bonds is 7. The average Bonchev–Trinajstić information content (AvgIpc) is 3.36. The Balaban J connectivity index is 1.45. The van der Waals surface area contributed by atoms with Gasteiger partial charge in [-0.2, -0.15) is 10.1 Å². The summed E-state index contributed by atoms with van der Waals surface area (Å²) in [7, 11) is 0. The fraction of sp³-hybridized carbons (Fsp3) is 0.261. The van der Waals surface area contributed by atoms with Crippen molar-refractivity contribution < 1.29 is 14.0 Å². The van der Waals surface area contributed by atoms with Crippen molar-refractivity contribution >= 4 is 5.82 Å². The van der Waals surface area contributed by atoms with Gasteiger partial charge in [0.1, 0.15) is 5.76 Å². The van der Waals surface area contributed by atoms with Gasteiger partial charge in [0.25, 0.3) is 5.89 Å². The third-order valence-corrected chi connectivity index (χ3v) is 6.04. The van der Waals surface area contributed by atoms with E-state index in [1.807, 2.05) is 12.1 Å². The molecule has 1 atom stereocenters. The third kappa shape index (κ3) is 3.84. The van der Waals surface area contributed by atoms with Crippen LogP contribution in [0.15, 0.2) is 59.8 Å². The quantitative estimate of drug-likeness (QED) is 0.408. The van der Waals surface area contributed by atoms with Crippen molar-refractivity contribution in [2.75, 3.05) is 5.73 Å². The number of hydrogen-bond donors (Lipinski definition) is 2. The summed E-state index contributed by atoms with van der Waals surface area (Å²) in [6, 6.07) is 5.10. The molecular weight excluding hydrogens is 425 g/mol. The van der Waals surface area contributed by atoms with Gasteiger partial charge < -0.3 is 15.4 Å². The SMILES string of the molecule is C=C(O)Cn1cc(-c2nc(C(C)(c3ccc(-c4cnc(N)c(F)c4)nc3)C3CC3)no2)cn1. The molecule has 168 valence electrons. The lowest BCUT2D eigenvalue weighted by molar-refractivity contribution is 0.370. The molecule has 1 aliphatic rings. The number of nitrogens with zero attached hydrogens (tertiary/aromatic N) is 6. The number of nitrogens with two attached hydrogens (primary N) is 1. The van der Waals surface area contributed by atoms with E-state index >= 15 is 0 Å². The monoisotopic (exact) mass is 447 g/mol. The van der Waals surface area contributed by atoms with Crippen LogP contribution in [0, 0.1) is 11.7 Å². The molecule has 9 nitrogen and oxygen atoms in total. The van der Waals surface area contributed by atoms with Crippen molar-refractivity contribution in [1.82, 2.24) is 29.9 Å². The van der Waals surface area contributed by atoms with Crippen LogP contribution in [-0.2, 0) is 12.0 Å². The predicted octanol–water partition coefficient (Wildman–Crippen LogP) is 3.90. The molecule has 0 saturated heterocycles. The summed E-state index contributed by atoms with van der Waals surface area (Å²) in [5.41, 5.74) is 7.71. The number of aliphatic hydroxyl groups excluding tert-OH is 1. The molecule has 4 aromatic heterocycles. The van der Waals surface area contributed by atoms with Crippen LogP contribution in [0.1, 0.15) is 31.2 Å². The third-order valence-electron chi connectivity index (χ3n) is 6.04. The van der Waals surface area contributed by atoms with Gasteiger partial charge in [-0.05, 0) is 43.4 Å². The van der Waals surface area contributed by atoms with E-state index in [-0.39, 0.29) is 18.1 Å². The summed E-state index contributed by atoms with van der Waals surface area (Å²) < 4.78 is 20.9. The van der Waals surface area contributed by atoms with E-state index in [2.05, 4.69) is 38.7 Å². The van der Waals surface area contributed by atoms with Crippen LogP contribution in [0.5, 0.6) is 0 Å². The average molecular weight is 447 g/mol. The minimum atomic E-state index is -0.577. The van der Waals surface area contributed by atoms with Crippen molar-refractivity contribution in [2.24, 2.45) is 5.92 Å². The van der Waals surface area contributed by atoms with E-state index in [1.54, 1.807) is 23.3 Å². The Morgan fingerprint density at radius 2 is 2.09 bits per heavy atom. The first-order valence-corrected chi connectivity index (χ1v) is 10.5. The van der Waals surface area contributed by atoms with Gasteiger partial charge in [0, 0.05) is 24.2 Å². The Hall–Kier alpha value is -4.08. The summed E-state index contributed by atoms with van der Waals surface area (Å²) in [5, 5.41) is 17.8. The molecule has 4 heterocycles. The molecule has 0 radical (unpaired) electrons. The highest BCUT2D eigenvalue weighted by Gasteiger charge is 2.47. The Morgan fingerprint density at radius 3 is 2.76 bits per heavy atom. The van der Waals surface area contributed by atoms with Crippen LogP contribution < -0.4 is 5.73 Å². The number of halogens is 1. The van der Waals surface area contributed by atoms with Crippen LogP contribution in [0.2, 0.25) is 0 Å². The number of pyridine rings is 2. The van der Waals surface area contributed by atoms with E-state index in [0.29, 0.717) is 34.5 Å². The van der Waals surface area contributed by atoms with E-state index in [0.717, 1.165) is 18.4 Å². The standard InChI is InChI=1S/C23H22FN7O2/c1-13(32)11-31-12-15(9-28-31)21-29-22(30-33-21)23(2,16-3-4-16)17-5-6-19(26-10-17)14-7-18(24)20(25)27-8-14/h5-10,12,16,32H,1,3-4,11H2,2H3,(H2,25,27). The maximum absolute atomic E-state index is 13.8. The number of aliphatic hydroxyl groups is 1. The number of hydrogen-bond acceptors (Lipinski definition) is 8. The van der Waals surface area contributed by atoms with E-state index in [1.165, 1.54) is 12.3 Å². The van der Waals surface area contributed by atoms with Gasteiger partial charge in [0.05, 0.1) is 29.4 Å². The molecule has 3 N–H and O–H groups in total. The van der Waals surface area contributed by atoms with Crippen molar-refractivity contribution in [3.05, 3.63) is 72.5 Å². The number of anilines is 1. The highest BCUT2D eigenvalue weighted by atomic mass is 19.1. The molecule has 4 aromatic rings. The summed E-state index contributed by atoms with van der Waals surface area (Å²) in [6.45, 7) is 5.74. The summed E-state index contributed by atoms with van der Waals surface area (Å²) in [6.07, 6.45) is 8.67. The molecule has 0 bridgehead atoms. The van der Waals surface area contributed by atoms with Crippen LogP contribution in [0.4, 0.5) is 10.2 Å². The van der Waals surface area contributed by atoms with Gasteiger partial charge in [-0.15, -0.1) is 0 Å². The second kappa shape index (κ2) is 7.80. The summed E-state index contributed by atoms with van der Waals surface area (Å²) in [4.78, 5) is 13.1. The molecule has 5 rings (SSSR count). The maximum atomic E-state index is 13.8. The molecule has 1 aliphatic carbocycles. The van der Waals surface area contributed by atoms with Crippen molar-refractivity contribution in [2.45, 2.75) is 31.7 Å². The molecule has 0 amide bonds. The fourth-order valence-electron chi connectivity index (χ4n) is 3.97. The lowest BCUT2D eigenvalue weighted by Gasteiger charge is -2.26. The zero-order valence-corrected chi connectivity index (χ0v) is 17.9.